The van der Waals surface area contributed by atoms with E-state index in [0.29, 0.717) is 17.3 Å². The molecular weight excluding hydrogens is 300 g/mol. The Morgan fingerprint density at radius 1 is 1.35 bits per heavy atom. The number of hydrogen-bond acceptors (Lipinski definition) is 6. The quantitative estimate of drug-likeness (QED) is 0.749. The van der Waals surface area contributed by atoms with Gasteiger partial charge in [-0.2, -0.15) is 4.68 Å². The summed E-state index contributed by atoms with van der Waals surface area (Å²) in [7, 11) is 0. The van der Waals surface area contributed by atoms with E-state index < -0.39 is 30.0 Å². The predicted molar refractivity (Wildman–Crippen MR) is 80.3 cm³/mol. The molecule has 0 radical (unpaired) electrons. The number of rotatable bonds is 6. The summed E-state index contributed by atoms with van der Waals surface area (Å²) in [5, 5.41) is 20.9. The summed E-state index contributed by atoms with van der Waals surface area (Å²) in [5.41, 5.74) is -0.00343. The molecule has 2 rings (SSSR count). The molecule has 0 aliphatic rings. The van der Waals surface area contributed by atoms with Crippen molar-refractivity contribution in [3.05, 3.63) is 34.6 Å². The van der Waals surface area contributed by atoms with Crippen LogP contribution in [-0.2, 0) is 9.59 Å². The van der Waals surface area contributed by atoms with E-state index in [9.17, 15) is 19.5 Å². The fourth-order valence-corrected chi connectivity index (χ4v) is 2.28. The van der Waals surface area contributed by atoms with E-state index in [4.69, 9.17) is 0 Å². The number of fused-ring (bicyclic) bond motifs is 1. The highest BCUT2D eigenvalue weighted by atomic mass is 16.4. The number of carbonyl (C=O) groups excluding carboxylic acids is 2. The van der Waals surface area contributed by atoms with Crippen molar-refractivity contribution in [1.82, 2.24) is 20.3 Å². The summed E-state index contributed by atoms with van der Waals surface area (Å²) in [6.45, 7) is 3.03. The summed E-state index contributed by atoms with van der Waals surface area (Å²) in [5.74, 6) is -2.24. The molecule has 0 unspecified atom stereocenters. The van der Waals surface area contributed by atoms with Gasteiger partial charge in [-0.1, -0.05) is 37.6 Å². The molecule has 0 saturated heterocycles. The number of nitrogens with one attached hydrogen (secondary N) is 1. The van der Waals surface area contributed by atoms with Gasteiger partial charge in [0.1, 0.15) is 11.6 Å². The zero-order valence-corrected chi connectivity index (χ0v) is 12.9. The molecule has 1 amide bonds. The largest absolute Gasteiger partial charge is 0.548 e. The van der Waals surface area contributed by atoms with Gasteiger partial charge in [0.15, 0.2) is 0 Å². The van der Waals surface area contributed by atoms with Crippen molar-refractivity contribution >= 4 is 22.8 Å². The zero-order chi connectivity index (χ0) is 17.0. The first-order chi connectivity index (χ1) is 11.0. The molecule has 0 spiro atoms. The molecule has 122 valence electrons. The SMILES string of the molecule is CC[C@H](C)[C@@H](C(=O)NCC(=O)[O-])n1nnc2ccccc2c1=O. The van der Waals surface area contributed by atoms with Crippen LogP contribution < -0.4 is 16.0 Å². The van der Waals surface area contributed by atoms with Crippen LogP contribution in [0.5, 0.6) is 0 Å². The molecule has 1 N–H and O–H groups in total. The summed E-state index contributed by atoms with van der Waals surface area (Å²) in [4.78, 5) is 35.4. The standard InChI is InChI=1S/C15H18N4O4/c1-3-9(2)13(14(22)16-8-12(20)21)19-15(23)10-6-4-5-7-11(10)17-18-19/h4-7,9,13H,3,8H2,1-2H3,(H,16,22)(H,20,21)/p-1/t9-,13-/m0/s1. The summed E-state index contributed by atoms with van der Waals surface area (Å²) in [6.07, 6.45) is 0.602. The summed E-state index contributed by atoms with van der Waals surface area (Å²) < 4.78 is 1.01. The third-order valence-electron chi connectivity index (χ3n) is 3.71. The third-order valence-corrected chi connectivity index (χ3v) is 3.71. The maximum absolute atomic E-state index is 12.6. The van der Waals surface area contributed by atoms with Crippen molar-refractivity contribution in [2.24, 2.45) is 5.92 Å². The van der Waals surface area contributed by atoms with Gasteiger partial charge >= 0.3 is 0 Å². The van der Waals surface area contributed by atoms with Crippen molar-refractivity contribution in [3.8, 4) is 0 Å². The maximum atomic E-state index is 12.6. The lowest BCUT2D eigenvalue weighted by Gasteiger charge is -2.23. The molecule has 0 bridgehead atoms. The Morgan fingerprint density at radius 3 is 2.70 bits per heavy atom. The first-order valence-electron chi connectivity index (χ1n) is 7.27. The Labute approximate surface area is 132 Å². The fraction of sp³-hybridized carbons (Fsp3) is 0.400. The predicted octanol–water partition coefficient (Wildman–Crippen LogP) is -0.755. The first-order valence-corrected chi connectivity index (χ1v) is 7.27. The minimum atomic E-state index is -1.40. The molecule has 2 atom stereocenters. The number of nitrogens with zero attached hydrogens (tertiary/aromatic N) is 3. The molecule has 23 heavy (non-hydrogen) atoms. The summed E-state index contributed by atoms with van der Waals surface area (Å²) >= 11 is 0. The molecule has 0 aliphatic carbocycles. The normalized spacial score (nSPS) is 13.5. The number of hydrogen-bond donors (Lipinski definition) is 1. The van der Waals surface area contributed by atoms with E-state index in [-0.39, 0.29) is 5.92 Å². The molecule has 0 saturated carbocycles. The highest BCUT2D eigenvalue weighted by Gasteiger charge is 2.28. The van der Waals surface area contributed by atoms with Crippen LogP contribution in [-0.4, -0.2) is 33.4 Å². The highest BCUT2D eigenvalue weighted by Crippen LogP contribution is 2.19. The Morgan fingerprint density at radius 2 is 2.04 bits per heavy atom. The van der Waals surface area contributed by atoms with Crippen LogP contribution in [0.4, 0.5) is 0 Å². The van der Waals surface area contributed by atoms with E-state index >= 15 is 0 Å². The second-order valence-corrected chi connectivity index (χ2v) is 5.28. The molecule has 8 nitrogen and oxygen atoms in total. The molecule has 1 aromatic heterocycles. The van der Waals surface area contributed by atoms with E-state index in [1.165, 1.54) is 0 Å². The van der Waals surface area contributed by atoms with Crippen molar-refractivity contribution in [3.63, 3.8) is 0 Å². The topological polar surface area (TPSA) is 117 Å². The molecule has 1 aromatic carbocycles. The smallest absolute Gasteiger partial charge is 0.278 e. The van der Waals surface area contributed by atoms with Crippen LogP contribution in [0.15, 0.2) is 29.1 Å². The number of amides is 1. The van der Waals surface area contributed by atoms with Crippen LogP contribution in [0.25, 0.3) is 10.9 Å². The number of carboxylic acid groups (broad SMARTS) is 1. The van der Waals surface area contributed by atoms with Crippen molar-refractivity contribution in [1.29, 1.82) is 0 Å². The molecule has 8 heteroatoms. The van der Waals surface area contributed by atoms with Gasteiger partial charge in [0.05, 0.1) is 17.9 Å². The monoisotopic (exact) mass is 317 g/mol. The van der Waals surface area contributed by atoms with Gasteiger partial charge in [-0.25, -0.2) is 0 Å². The Balaban J connectivity index is 2.47. The van der Waals surface area contributed by atoms with Crippen LogP contribution in [0, 0.1) is 5.92 Å². The lowest BCUT2D eigenvalue weighted by Crippen LogP contribution is -2.45. The minimum Gasteiger partial charge on any atom is -0.548 e. The summed E-state index contributed by atoms with van der Waals surface area (Å²) in [6, 6.07) is 5.76. The van der Waals surface area contributed by atoms with Crippen molar-refractivity contribution in [2.75, 3.05) is 6.54 Å². The van der Waals surface area contributed by atoms with Crippen LogP contribution in [0.3, 0.4) is 0 Å². The number of aromatic nitrogens is 3. The average molecular weight is 317 g/mol. The second-order valence-electron chi connectivity index (χ2n) is 5.28. The molecule has 2 aromatic rings. The Kier molecular flexibility index (Phi) is 5.05. The third kappa shape index (κ3) is 3.53. The molecular formula is C15H17N4O4-. The van der Waals surface area contributed by atoms with Crippen LogP contribution in [0.2, 0.25) is 0 Å². The number of aliphatic carboxylic acids is 1. The van der Waals surface area contributed by atoms with E-state index in [0.717, 1.165) is 4.68 Å². The van der Waals surface area contributed by atoms with Crippen molar-refractivity contribution < 1.29 is 14.7 Å². The lowest BCUT2D eigenvalue weighted by atomic mass is 9.98. The van der Waals surface area contributed by atoms with Gasteiger partial charge in [0.2, 0.25) is 5.91 Å². The zero-order valence-electron chi connectivity index (χ0n) is 12.9. The first kappa shape index (κ1) is 16.6. The van der Waals surface area contributed by atoms with Crippen molar-refractivity contribution in [2.45, 2.75) is 26.3 Å². The minimum absolute atomic E-state index is 0.232. The van der Waals surface area contributed by atoms with Crippen LogP contribution >= 0.6 is 0 Å². The lowest BCUT2D eigenvalue weighted by molar-refractivity contribution is -0.304. The maximum Gasteiger partial charge on any atom is 0.278 e. The number of carboxylic acids is 1. The van der Waals surface area contributed by atoms with Gasteiger partial charge in [0, 0.05) is 0 Å². The number of benzene rings is 1. The molecule has 0 aliphatic heterocycles. The van der Waals surface area contributed by atoms with E-state index in [1.54, 1.807) is 31.2 Å². The fourth-order valence-electron chi connectivity index (χ4n) is 2.28. The van der Waals surface area contributed by atoms with E-state index in [2.05, 4.69) is 15.6 Å². The van der Waals surface area contributed by atoms with E-state index in [1.807, 2.05) is 6.92 Å². The van der Waals surface area contributed by atoms with Gasteiger partial charge in [-0.3, -0.25) is 9.59 Å². The molecule has 0 fully saturated rings. The average Bonchev–Trinajstić information content (AvgIpc) is 2.55. The van der Waals surface area contributed by atoms with Crippen LogP contribution in [0.1, 0.15) is 26.3 Å². The van der Waals surface area contributed by atoms with Gasteiger partial charge in [0.25, 0.3) is 5.56 Å². The number of carbonyl (C=O) groups is 2. The Bertz CT molecular complexity index is 786. The second kappa shape index (κ2) is 6.99. The van der Waals surface area contributed by atoms with Gasteiger partial charge < -0.3 is 15.2 Å². The van der Waals surface area contributed by atoms with Gasteiger partial charge in [-0.05, 0) is 18.1 Å². The highest BCUT2D eigenvalue weighted by molar-refractivity contribution is 5.84. The Hall–Kier alpha value is -2.77. The van der Waals surface area contributed by atoms with Gasteiger partial charge in [-0.15, -0.1) is 5.10 Å². The molecule has 1 heterocycles.